The number of benzene rings is 1. The van der Waals surface area contributed by atoms with Gasteiger partial charge in [0.2, 0.25) is 0 Å². The zero-order valence-electron chi connectivity index (χ0n) is 10.4. The van der Waals surface area contributed by atoms with Gasteiger partial charge in [0.05, 0.1) is 14.2 Å². The van der Waals surface area contributed by atoms with E-state index >= 15 is 0 Å². The largest absolute Gasteiger partial charge is 0.492 e. The Morgan fingerprint density at radius 2 is 1.71 bits per heavy atom. The molecule has 0 saturated carbocycles. The van der Waals surface area contributed by atoms with Crippen LogP contribution in [-0.4, -0.2) is 28.9 Å². The average Bonchev–Trinajstić information content (AvgIpc) is 2.25. The number of methoxy groups -OCH3 is 2. The van der Waals surface area contributed by atoms with E-state index in [1.54, 1.807) is 13.0 Å². The van der Waals surface area contributed by atoms with Gasteiger partial charge in [-0.25, -0.2) is 8.42 Å². The van der Waals surface area contributed by atoms with Gasteiger partial charge < -0.3 is 15.2 Å². The predicted octanol–water partition coefficient (Wildman–Crippen LogP) is 1.13. The van der Waals surface area contributed by atoms with E-state index in [2.05, 4.69) is 0 Å². The normalized spacial score (nSPS) is 13.2. The number of rotatable bonds is 4. The molecule has 5 nitrogen and oxygen atoms in total. The molecule has 1 aromatic rings. The lowest BCUT2D eigenvalue weighted by molar-refractivity contribution is 0.342. The van der Waals surface area contributed by atoms with Crippen molar-refractivity contribution in [3.63, 3.8) is 0 Å². The minimum absolute atomic E-state index is 0.0984. The molecule has 0 fully saturated rings. The summed E-state index contributed by atoms with van der Waals surface area (Å²) in [7, 11) is -0.512. The van der Waals surface area contributed by atoms with Gasteiger partial charge in [0.1, 0.15) is 4.90 Å². The lowest BCUT2D eigenvalue weighted by Crippen LogP contribution is -2.10. The highest BCUT2D eigenvalue weighted by molar-refractivity contribution is 7.90. The van der Waals surface area contributed by atoms with Crippen LogP contribution in [-0.2, 0) is 9.84 Å². The van der Waals surface area contributed by atoms with Crippen molar-refractivity contribution in [2.75, 3.05) is 20.5 Å². The quantitative estimate of drug-likeness (QED) is 0.876. The summed E-state index contributed by atoms with van der Waals surface area (Å²) in [4.78, 5) is 0.0984. The van der Waals surface area contributed by atoms with E-state index in [1.165, 1.54) is 20.3 Å². The Balaban J connectivity index is 3.60. The fourth-order valence-electron chi connectivity index (χ4n) is 1.61. The fraction of sp³-hybridized carbons (Fsp3) is 0.455. The number of nitrogens with two attached hydrogens (primary N) is 1. The maximum atomic E-state index is 11.6. The summed E-state index contributed by atoms with van der Waals surface area (Å²) < 4.78 is 33.5. The van der Waals surface area contributed by atoms with E-state index in [0.717, 1.165) is 6.26 Å². The Morgan fingerprint density at radius 3 is 2.06 bits per heavy atom. The first-order chi connectivity index (χ1) is 7.82. The molecule has 0 spiro atoms. The van der Waals surface area contributed by atoms with Gasteiger partial charge in [0, 0.05) is 17.9 Å². The number of hydrogen-bond donors (Lipinski definition) is 1. The number of sulfone groups is 1. The third-order valence-corrected chi connectivity index (χ3v) is 3.53. The van der Waals surface area contributed by atoms with Crippen LogP contribution in [0.5, 0.6) is 11.5 Å². The van der Waals surface area contributed by atoms with E-state index in [9.17, 15) is 8.42 Å². The molecule has 1 unspecified atom stereocenters. The Morgan fingerprint density at radius 1 is 1.18 bits per heavy atom. The lowest BCUT2D eigenvalue weighted by atomic mass is 10.1. The van der Waals surface area contributed by atoms with Crippen LogP contribution in [0.25, 0.3) is 0 Å². The van der Waals surface area contributed by atoms with Crippen LogP contribution in [0.3, 0.4) is 0 Å². The van der Waals surface area contributed by atoms with Crippen molar-refractivity contribution < 1.29 is 17.9 Å². The zero-order valence-corrected chi connectivity index (χ0v) is 11.2. The van der Waals surface area contributed by atoms with Crippen molar-refractivity contribution in [1.82, 2.24) is 0 Å². The molecule has 0 aliphatic heterocycles. The molecule has 0 saturated heterocycles. The van der Waals surface area contributed by atoms with E-state index < -0.39 is 9.84 Å². The van der Waals surface area contributed by atoms with E-state index in [4.69, 9.17) is 15.2 Å². The monoisotopic (exact) mass is 259 g/mol. The standard InChI is InChI=1S/C11H17NO4S/c1-7(12)8-5-6-9(17(4,13)14)11(16-3)10(8)15-2/h5-7H,12H2,1-4H3. The first kappa shape index (κ1) is 13.8. The Labute approximate surface area is 101 Å². The molecule has 0 heterocycles. The van der Waals surface area contributed by atoms with Crippen LogP contribution in [0.2, 0.25) is 0 Å². The Hall–Kier alpha value is -1.27. The molecular weight excluding hydrogens is 242 g/mol. The van der Waals surface area contributed by atoms with Crippen LogP contribution in [0.15, 0.2) is 17.0 Å². The highest BCUT2D eigenvalue weighted by Gasteiger charge is 2.22. The number of ether oxygens (including phenoxy) is 2. The van der Waals surface area contributed by atoms with Crippen LogP contribution in [0.1, 0.15) is 18.5 Å². The molecule has 6 heteroatoms. The zero-order chi connectivity index (χ0) is 13.2. The van der Waals surface area contributed by atoms with Gasteiger partial charge in [0.25, 0.3) is 0 Å². The minimum Gasteiger partial charge on any atom is -0.492 e. The number of hydrogen-bond acceptors (Lipinski definition) is 5. The van der Waals surface area contributed by atoms with Crippen LogP contribution in [0.4, 0.5) is 0 Å². The van der Waals surface area contributed by atoms with Crippen molar-refractivity contribution in [2.45, 2.75) is 17.9 Å². The Bertz CT molecular complexity index is 508. The third kappa shape index (κ3) is 2.70. The van der Waals surface area contributed by atoms with Crippen molar-refractivity contribution in [1.29, 1.82) is 0 Å². The lowest BCUT2D eigenvalue weighted by Gasteiger charge is -2.17. The molecule has 17 heavy (non-hydrogen) atoms. The van der Waals surface area contributed by atoms with Crippen molar-refractivity contribution in [3.8, 4) is 11.5 Å². The van der Waals surface area contributed by atoms with Crippen LogP contribution in [0, 0.1) is 0 Å². The van der Waals surface area contributed by atoms with E-state index in [0.29, 0.717) is 11.3 Å². The smallest absolute Gasteiger partial charge is 0.179 e. The molecule has 1 atom stereocenters. The second kappa shape index (κ2) is 4.93. The average molecular weight is 259 g/mol. The van der Waals surface area contributed by atoms with Gasteiger partial charge in [-0.1, -0.05) is 6.07 Å². The molecule has 1 aromatic carbocycles. The van der Waals surface area contributed by atoms with Crippen molar-refractivity contribution in [2.24, 2.45) is 5.73 Å². The van der Waals surface area contributed by atoms with Crippen molar-refractivity contribution >= 4 is 9.84 Å². The molecule has 2 N–H and O–H groups in total. The second-order valence-electron chi connectivity index (χ2n) is 3.78. The maximum Gasteiger partial charge on any atom is 0.179 e. The summed E-state index contributed by atoms with van der Waals surface area (Å²) in [6, 6.07) is 2.85. The van der Waals surface area contributed by atoms with E-state index in [1.807, 2.05) is 0 Å². The molecule has 0 aromatic heterocycles. The van der Waals surface area contributed by atoms with Gasteiger partial charge in [-0.2, -0.15) is 0 Å². The van der Waals surface area contributed by atoms with Gasteiger partial charge in [-0.3, -0.25) is 0 Å². The first-order valence-corrected chi connectivity index (χ1v) is 6.92. The summed E-state index contributed by atoms with van der Waals surface area (Å²) in [5.41, 5.74) is 6.49. The molecule has 96 valence electrons. The minimum atomic E-state index is -3.37. The first-order valence-electron chi connectivity index (χ1n) is 5.03. The molecule has 0 bridgehead atoms. The molecule has 0 radical (unpaired) electrons. The summed E-state index contributed by atoms with van der Waals surface area (Å²) in [6.07, 6.45) is 1.12. The summed E-state index contributed by atoms with van der Waals surface area (Å²) >= 11 is 0. The summed E-state index contributed by atoms with van der Waals surface area (Å²) in [5, 5.41) is 0. The topological polar surface area (TPSA) is 78.6 Å². The third-order valence-electron chi connectivity index (χ3n) is 2.40. The summed E-state index contributed by atoms with van der Waals surface area (Å²) in [6.45, 7) is 1.79. The second-order valence-corrected chi connectivity index (χ2v) is 5.76. The van der Waals surface area contributed by atoms with Gasteiger partial charge >= 0.3 is 0 Å². The molecular formula is C11H17NO4S. The molecule has 0 aliphatic carbocycles. The van der Waals surface area contributed by atoms with Crippen LogP contribution >= 0.6 is 0 Å². The molecule has 0 amide bonds. The highest BCUT2D eigenvalue weighted by atomic mass is 32.2. The van der Waals surface area contributed by atoms with Gasteiger partial charge in [-0.15, -0.1) is 0 Å². The predicted molar refractivity (Wildman–Crippen MR) is 65.3 cm³/mol. The highest BCUT2D eigenvalue weighted by Crippen LogP contribution is 2.39. The fourth-order valence-corrected chi connectivity index (χ4v) is 2.44. The van der Waals surface area contributed by atoms with Crippen LogP contribution < -0.4 is 15.2 Å². The molecule has 0 aliphatic rings. The van der Waals surface area contributed by atoms with Gasteiger partial charge in [0.15, 0.2) is 21.3 Å². The summed E-state index contributed by atoms with van der Waals surface area (Å²) in [5.74, 6) is 0.565. The maximum absolute atomic E-state index is 11.6. The molecule has 1 rings (SSSR count). The van der Waals surface area contributed by atoms with Gasteiger partial charge in [-0.05, 0) is 13.0 Å². The van der Waals surface area contributed by atoms with Crippen molar-refractivity contribution in [3.05, 3.63) is 17.7 Å². The van der Waals surface area contributed by atoms with E-state index in [-0.39, 0.29) is 16.7 Å². The Kier molecular flexibility index (Phi) is 4.00. The SMILES string of the molecule is COc1c(C(C)N)ccc(S(C)(=O)=O)c1OC.